The number of nitrogens with zero attached hydrogens (tertiary/aromatic N) is 2. The number of nitrogens with two attached hydrogens (primary N) is 1. The summed E-state index contributed by atoms with van der Waals surface area (Å²) < 4.78 is 14.3. The summed E-state index contributed by atoms with van der Waals surface area (Å²) >= 11 is 14.3. The summed E-state index contributed by atoms with van der Waals surface area (Å²) in [6.07, 6.45) is 0.347. The van der Waals surface area contributed by atoms with Crippen molar-refractivity contribution in [1.82, 2.24) is 4.98 Å². The number of benzene rings is 1. The highest BCUT2D eigenvalue weighted by Gasteiger charge is 2.25. The molecule has 2 atom stereocenters. The molecule has 0 aliphatic rings. The van der Waals surface area contributed by atoms with Crippen LogP contribution in [0.2, 0.25) is 10.2 Å². The molecule has 4 nitrogen and oxygen atoms in total. The van der Waals surface area contributed by atoms with E-state index in [4.69, 9.17) is 28.9 Å². The molecule has 0 fully saturated rings. The van der Waals surface area contributed by atoms with Gasteiger partial charge in [-0.3, -0.25) is 0 Å². The van der Waals surface area contributed by atoms with Crippen molar-refractivity contribution >= 4 is 46.3 Å². The third-order valence-electron chi connectivity index (χ3n) is 3.02. The lowest BCUT2D eigenvalue weighted by molar-refractivity contribution is 0.260. The topological polar surface area (TPSA) is 82.9 Å². The van der Waals surface area contributed by atoms with Crippen LogP contribution in [0, 0.1) is 17.1 Å². The summed E-state index contributed by atoms with van der Waals surface area (Å²) in [5.74, 6) is -0.654. The second-order valence-corrected chi connectivity index (χ2v) is 7.51. The van der Waals surface area contributed by atoms with Crippen molar-refractivity contribution in [2.45, 2.75) is 22.6 Å². The fourth-order valence-corrected chi connectivity index (χ4v) is 4.82. The van der Waals surface area contributed by atoms with Crippen molar-refractivity contribution in [2.24, 2.45) is 5.73 Å². The minimum absolute atomic E-state index is 0.0629. The maximum absolute atomic E-state index is 14.3. The van der Waals surface area contributed by atoms with E-state index in [0.29, 0.717) is 16.5 Å². The first-order valence-corrected chi connectivity index (χ1v) is 8.99. The molecule has 0 spiro atoms. The summed E-state index contributed by atoms with van der Waals surface area (Å²) in [6, 6.07) is 4.25. The molecule has 0 aliphatic heterocycles. The number of rotatable bonds is 6. The standard InChI is InChI=1S/C14H12Cl2FN3OS2/c15-9-2-1-7(4-18)12(11(9)17)23-10(3-8(19)5-21)13-14(16)20-6-22-13/h1-2,6,8,10,21H,3,5,19H2/t8-,10+/m0/s1. The molecule has 0 unspecified atom stereocenters. The van der Waals surface area contributed by atoms with Gasteiger partial charge in [-0.25, -0.2) is 9.37 Å². The van der Waals surface area contributed by atoms with E-state index in [9.17, 15) is 14.8 Å². The van der Waals surface area contributed by atoms with Crippen LogP contribution in [0.5, 0.6) is 0 Å². The Bertz CT molecular complexity index is 735. The molecular weight excluding hydrogens is 380 g/mol. The van der Waals surface area contributed by atoms with Crippen LogP contribution in [0.3, 0.4) is 0 Å². The minimum Gasteiger partial charge on any atom is -0.395 e. The van der Waals surface area contributed by atoms with Gasteiger partial charge in [0.15, 0.2) is 5.82 Å². The summed E-state index contributed by atoms with van der Waals surface area (Å²) in [7, 11) is 0. The Balaban J connectivity index is 2.41. The highest BCUT2D eigenvalue weighted by molar-refractivity contribution is 7.99. The molecule has 23 heavy (non-hydrogen) atoms. The van der Waals surface area contributed by atoms with Gasteiger partial charge in [0, 0.05) is 11.3 Å². The molecule has 0 amide bonds. The molecule has 2 rings (SSSR count). The molecule has 1 heterocycles. The molecule has 1 aromatic carbocycles. The number of thiazole rings is 1. The highest BCUT2D eigenvalue weighted by Crippen LogP contribution is 2.45. The van der Waals surface area contributed by atoms with Crippen LogP contribution < -0.4 is 5.73 Å². The Hall–Kier alpha value is -0.880. The van der Waals surface area contributed by atoms with Crippen molar-refractivity contribution in [3.8, 4) is 6.07 Å². The van der Waals surface area contributed by atoms with Crippen molar-refractivity contribution < 1.29 is 9.50 Å². The lowest BCUT2D eigenvalue weighted by Crippen LogP contribution is -2.26. The van der Waals surface area contributed by atoms with Crippen molar-refractivity contribution in [2.75, 3.05) is 6.61 Å². The minimum atomic E-state index is -0.654. The molecule has 1 aromatic heterocycles. The van der Waals surface area contributed by atoms with E-state index in [0.717, 1.165) is 11.8 Å². The maximum atomic E-state index is 14.3. The Morgan fingerprint density at radius 2 is 2.22 bits per heavy atom. The summed E-state index contributed by atoms with van der Waals surface area (Å²) in [5.41, 5.74) is 7.57. The van der Waals surface area contributed by atoms with Gasteiger partial charge in [0.1, 0.15) is 11.2 Å². The van der Waals surface area contributed by atoms with Gasteiger partial charge in [-0.05, 0) is 18.6 Å². The third kappa shape index (κ3) is 4.35. The van der Waals surface area contributed by atoms with E-state index in [1.807, 2.05) is 6.07 Å². The number of halogens is 3. The smallest absolute Gasteiger partial charge is 0.156 e. The first-order valence-electron chi connectivity index (χ1n) is 6.48. The molecule has 3 N–H and O–H groups in total. The number of thioether (sulfide) groups is 1. The van der Waals surface area contributed by atoms with Crippen molar-refractivity contribution in [3.05, 3.63) is 44.1 Å². The number of nitriles is 1. The van der Waals surface area contributed by atoms with Crippen LogP contribution in [-0.2, 0) is 0 Å². The van der Waals surface area contributed by atoms with Gasteiger partial charge in [0.05, 0.1) is 32.5 Å². The Morgan fingerprint density at radius 3 is 2.78 bits per heavy atom. The predicted molar refractivity (Wildman–Crippen MR) is 91.5 cm³/mol. The van der Waals surface area contributed by atoms with Gasteiger partial charge < -0.3 is 10.8 Å². The monoisotopic (exact) mass is 391 g/mol. The quantitative estimate of drug-likeness (QED) is 0.726. The normalized spacial score (nSPS) is 13.6. The lowest BCUT2D eigenvalue weighted by Gasteiger charge is -2.19. The van der Waals surface area contributed by atoms with Crippen LogP contribution in [0.4, 0.5) is 4.39 Å². The van der Waals surface area contributed by atoms with Crippen molar-refractivity contribution in [3.63, 3.8) is 0 Å². The largest absolute Gasteiger partial charge is 0.395 e. The van der Waals surface area contributed by atoms with Crippen molar-refractivity contribution in [1.29, 1.82) is 5.26 Å². The SMILES string of the molecule is N#Cc1ccc(Cl)c(F)c1S[C@H](C[C@H](N)CO)c1scnc1Cl. The predicted octanol–water partition coefficient (Wildman–Crippen LogP) is 4.00. The number of aliphatic hydroxyl groups excluding tert-OH is 1. The average Bonchev–Trinajstić information content (AvgIpc) is 2.97. The molecule has 122 valence electrons. The molecular formula is C14H12Cl2FN3OS2. The van der Waals surface area contributed by atoms with E-state index >= 15 is 0 Å². The summed E-state index contributed by atoms with van der Waals surface area (Å²) in [5, 5.41) is 18.3. The fraction of sp³-hybridized carbons (Fsp3) is 0.286. The molecule has 0 saturated heterocycles. The zero-order valence-electron chi connectivity index (χ0n) is 11.7. The zero-order valence-corrected chi connectivity index (χ0v) is 14.8. The van der Waals surface area contributed by atoms with Crippen LogP contribution in [0.15, 0.2) is 22.5 Å². The number of hydrogen-bond acceptors (Lipinski definition) is 6. The molecule has 9 heteroatoms. The second kappa shape index (κ2) is 8.29. The van der Waals surface area contributed by atoms with Gasteiger partial charge in [0.25, 0.3) is 0 Å². The first kappa shape index (κ1) is 18.5. The van der Waals surface area contributed by atoms with Gasteiger partial charge in [-0.1, -0.05) is 23.2 Å². The summed E-state index contributed by atoms with van der Waals surface area (Å²) in [4.78, 5) is 4.83. The van der Waals surface area contributed by atoms with E-state index in [1.165, 1.54) is 23.5 Å². The van der Waals surface area contributed by atoms with Gasteiger partial charge >= 0.3 is 0 Å². The van der Waals surface area contributed by atoms with Gasteiger partial charge in [0.2, 0.25) is 0 Å². The Kier molecular flexibility index (Phi) is 6.65. The number of aliphatic hydroxyl groups is 1. The molecule has 0 radical (unpaired) electrons. The average molecular weight is 392 g/mol. The summed E-state index contributed by atoms with van der Waals surface area (Å²) in [6.45, 7) is -0.212. The lowest BCUT2D eigenvalue weighted by atomic mass is 10.1. The molecule has 0 saturated carbocycles. The number of aromatic nitrogens is 1. The third-order valence-corrected chi connectivity index (χ3v) is 6.17. The second-order valence-electron chi connectivity index (χ2n) is 4.64. The molecule has 2 aromatic rings. The fourth-order valence-electron chi connectivity index (χ4n) is 1.89. The zero-order chi connectivity index (χ0) is 17.0. The van der Waals surface area contributed by atoms with E-state index < -0.39 is 11.9 Å². The van der Waals surface area contributed by atoms with E-state index in [2.05, 4.69) is 4.98 Å². The van der Waals surface area contributed by atoms with Crippen LogP contribution in [0.25, 0.3) is 0 Å². The van der Waals surface area contributed by atoms with Crippen LogP contribution >= 0.6 is 46.3 Å². The molecule has 0 aliphatic carbocycles. The van der Waals surface area contributed by atoms with Gasteiger partial charge in [-0.15, -0.1) is 23.1 Å². The maximum Gasteiger partial charge on any atom is 0.156 e. The highest BCUT2D eigenvalue weighted by atomic mass is 35.5. The Labute approximate surface area is 151 Å². The van der Waals surface area contributed by atoms with E-state index in [1.54, 1.807) is 5.51 Å². The van der Waals surface area contributed by atoms with Gasteiger partial charge in [-0.2, -0.15) is 5.26 Å². The van der Waals surface area contributed by atoms with E-state index in [-0.39, 0.29) is 27.3 Å². The first-order chi connectivity index (χ1) is 11.0. The van der Waals surface area contributed by atoms with Crippen LogP contribution in [0.1, 0.15) is 22.1 Å². The van der Waals surface area contributed by atoms with Crippen LogP contribution in [-0.4, -0.2) is 22.7 Å². The Morgan fingerprint density at radius 1 is 1.48 bits per heavy atom. The molecule has 0 bridgehead atoms. The number of hydrogen-bond donors (Lipinski definition) is 2.